The SMILES string of the molecule is COc1cc(S(N)(=O)=O)c(OC)cc1NC(=O)OCc1ccccc1. The molecule has 0 fully saturated rings. The molecule has 0 aliphatic rings. The van der Waals surface area contributed by atoms with Crippen LogP contribution < -0.4 is 19.9 Å². The molecule has 1 amide bonds. The van der Waals surface area contributed by atoms with Crippen molar-refractivity contribution in [1.82, 2.24) is 0 Å². The quantitative estimate of drug-likeness (QED) is 0.808. The average Bonchev–Trinajstić information content (AvgIpc) is 2.59. The van der Waals surface area contributed by atoms with Crippen molar-refractivity contribution in [2.24, 2.45) is 5.14 Å². The monoisotopic (exact) mass is 366 g/mol. The Kier molecular flexibility index (Phi) is 5.84. The minimum absolute atomic E-state index is 0.0262. The smallest absolute Gasteiger partial charge is 0.412 e. The molecule has 2 aromatic carbocycles. The van der Waals surface area contributed by atoms with Gasteiger partial charge in [-0.15, -0.1) is 0 Å². The van der Waals surface area contributed by atoms with Gasteiger partial charge in [0.1, 0.15) is 23.0 Å². The van der Waals surface area contributed by atoms with Gasteiger partial charge in [-0.3, -0.25) is 5.32 Å². The van der Waals surface area contributed by atoms with Crippen LogP contribution in [-0.2, 0) is 21.4 Å². The van der Waals surface area contributed by atoms with E-state index in [9.17, 15) is 13.2 Å². The zero-order valence-corrected chi connectivity index (χ0v) is 14.5. The average molecular weight is 366 g/mol. The summed E-state index contributed by atoms with van der Waals surface area (Å²) >= 11 is 0. The first-order valence-corrected chi connectivity index (χ1v) is 8.66. The lowest BCUT2D eigenvalue weighted by Crippen LogP contribution is -2.16. The van der Waals surface area contributed by atoms with Gasteiger partial charge in [-0.1, -0.05) is 30.3 Å². The van der Waals surface area contributed by atoms with Crippen molar-refractivity contribution in [2.75, 3.05) is 19.5 Å². The van der Waals surface area contributed by atoms with Crippen LogP contribution in [0.2, 0.25) is 0 Å². The van der Waals surface area contributed by atoms with E-state index in [0.717, 1.165) is 5.56 Å². The molecule has 0 unspecified atom stereocenters. The molecule has 9 heteroatoms. The molecule has 0 aromatic heterocycles. The van der Waals surface area contributed by atoms with Crippen LogP contribution in [0.15, 0.2) is 47.4 Å². The van der Waals surface area contributed by atoms with Crippen molar-refractivity contribution < 1.29 is 27.4 Å². The number of hydrogen-bond donors (Lipinski definition) is 2. The number of carbonyl (C=O) groups excluding carboxylic acids is 1. The van der Waals surface area contributed by atoms with E-state index in [2.05, 4.69) is 5.32 Å². The zero-order chi connectivity index (χ0) is 18.4. The highest BCUT2D eigenvalue weighted by molar-refractivity contribution is 7.89. The number of carbonyl (C=O) groups is 1. The molecule has 2 rings (SSSR count). The molecule has 0 heterocycles. The maximum absolute atomic E-state index is 12.0. The Morgan fingerprint density at radius 2 is 1.72 bits per heavy atom. The van der Waals surface area contributed by atoms with Crippen LogP contribution in [0.4, 0.5) is 10.5 Å². The van der Waals surface area contributed by atoms with Crippen LogP contribution in [0, 0.1) is 0 Å². The minimum Gasteiger partial charge on any atom is -0.495 e. The van der Waals surface area contributed by atoms with Gasteiger partial charge in [0.2, 0.25) is 10.0 Å². The maximum atomic E-state index is 12.0. The highest BCUT2D eigenvalue weighted by Crippen LogP contribution is 2.35. The second kappa shape index (κ2) is 7.86. The highest BCUT2D eigenvalue weighted by Gasteiger charge is 2.20. The van der Waals surface area contributed by atoms with Gasteiger partial charge in [0.15, 0.2) is 0 Å². The summed E-state index contributed by atoms with van der Waals surface area (Å²) in [6.45, 7) is 0.0847. The summed E-state index contributed by atoms with van der Waals surface area (Å²) in [5.74, 6) is 0.0724. The van der Waals surface area contributed by atoms with Crippen molar-refractivity contribution in [3.05, 3.63) is 48.0 Å². The van der Waals surface area contributed by atoms with Gasteiger partial charge >= 0.3 is 6.09 Å². The van der Waals surface area contributed by atoms with E-state index in [1.807, 2.05) is 30.3 Å². The summed E-state index contributed by atoms with van der Waals surface area (Å²) < 4.78 is 38.4. The Labute approximate surface area is 145 Å². The Hall–Kier alpha value is -2.78. The van der Waals surface area contributed by atoms with Crippen LogP contribution in [0.3, 0.4) is 0 Å². The van der Waals surface area contributed by atoms with Crippen molar-refractivity contribution in [2.45, 2.75) is 11.5 Å². The van der Waals surface area contributed by atoms with Gasteiger partial charge in [-0.25, -0.2) is 18.4 Å². The lowest BCUT2D eigenvalue weighted by molar-refractivity contribution is 0.155. The number of benzene rings is 2. The standard InChI is InChI=1S/C16H18N2O6S/c1-22-13-9-15(25(17,20)21)14(23-2)8-12(13)18-16(19)24-10-11-6-4-3-5-7-11/h3-9H,10H2,1-2H3,(H,18,19)(H2,17,20,21). The summed E-state index contributed by atoms with van der Waals surface area (Å²) in [4.78, 5) is 11.7. The first-order valence-electron chi connectivity index (χ1n) is 7.11. The van der Waals surface area contributed by atoms with E-state index in [-0.39, 0.29) is 28.7 Å². The number of hydrogen-bond acceptors (Lipinski definition) is 6. The fourth-order valence-corrected chi connectivity index (χ4v) is 2.75. The van der Waals surface area contributed by atoms with E-state index in [0.29, 0.717) is 0 Å². The van der Waals surface area contributed by atoms with Gasteiger partial charge in [0.05, 0.1) is 19.9 Å². The van der Waals surface area contributed by atoms with Crippen molar-refractivity contribution in [3.63, 3.8) is 0 Å². The first kappa shape index (κ1) is 18.6. The molecule has 0 aliphatic heterocycles. The number of nitrogens with two attached hydrogens (primary N) is 1. The minimum atomic E-state index is -4.02. The molecular formula is C16H18N2O6S. The largest absolute Gasteiger partial charge is 0.495 e. The normalized spacial score (nSPS) is 10.8. The molecule has 3 N–H and O–H groups in total. The number of sulfonamides is 1. The molecule has 134 valence electrons. The second-order valence-electron chi connectivity index (χ2n) is 4.94. The van der Waals surface area contributed by atoms with Crippen LogP contribution >= 0.6 is 0 Å². The molecule has 2 aromatic rings. The number of nitrogens with one attached hydrogen (secondary N) is 1. The number of methoxy groups -OCH3 is 2. The molecule has 0 aliphatic carbocycles. The second-order valence-corrected chi connectivity index (χ2v) is 6.46. The molecule has 0 spiro atoms. The fraction of sp³-hybridized carbons (Fsp3) is 0.188. The van der Waals surface area contributed by atoms with E-state index < -0.39 is 16.1 Å². The van der Waals surface area contributed by atoms with Gasteiger partial charge < -0.3 is 14.2 Å². The molecule has 25 heavy (non-hydrogen) atoms. The zero-order valence-electron chi connectivity index (χ0n) is 13.7. The molecule has 8 nitrogen and oxygen atoms in total. The van der Waals surface area contributed by atoms with E-state index in [1.54, 1.807) is 0 Å². The molecule has 0 atom stereocenters. The van der Waals surface area contributed by atoms with Gasteiger partial charge in [-0.05, 0) is 5.56 Å². The van der Waals surface area contributed by atoms with Gasteiger partial charge in [0, 0.05) is 12.1 Å². The van der Waals surface area contributed by atoms with Crippen molar-refractivity contribution in [1.29, 1.82) is 0 Å². The first-order chi connectivity index (χ1) is 11.8. The Balaban J connectivity index is 2.19. The summed E-state index contributed by atoms with van der Waals surface area (Å²) in [5, 5.41) is 7.63. The lowest BCUT2D eigenvalue weighted by Gasteiger charge is -2.14. The molecule has 0 bridgehead atoms. The summed E-state index contributed by atoms with van der Waals surface area (Å²) in [5.41, 5.74) is 1.01. The summed E-state index contributed by atoms with van der Waals surface area (Å²) in [6.07, 6.45) is -0.729. The molecule has 0 saturated heterocycles. The molecule has 0 saturated carbocycles. The number of rotatable bonds is 6. The third kappa shape index (κ3) is 4.85. The number of primary sulfonamides is 1. The van der Waals surface area contributed by atoms with Crippen molar-refractivity contribution in [3.8, 4) is 11.5 Å². The number of anilines is 1. The fourth-order valence-electron chi connectivity index (χ4n) is 2.06. The van der Waals surface area contributed by atoms with Gasteiger partial charge in [0.25, 0.3) is 0 Å². The predicted octanol–water partition coefficient (Wildman–Crippen LogP) is 2.10. The number of amides is 1. The van der Waals surface area contributed by atoms with Gasteiger partial charge in [-0.2, -0.15) is 0 Å². The predicted molar refractivity (Wildman–Crippen MR) is 91.2 cm³/mol. The van der Waals surface area contributed by atoms with E-state index in [1.165, 1.54) is 26.4 Å². The Morgan fingerprint density at radius 1 is 1.08 bits per heavy atom. The van der Waals surface area contributed by atoms with Crippen LogP contribution in [0.1, 0.15) is 5.56 Å². The molecule has 0 radical (unpaired) electrons. The van der Waals surface area contributed by atoms with Crippen molar-refractivity contribution >= 4 is 21.8 Å². The Bertz CT molecular complexity index is 852. The van der Waals surface area contributed by atoms with E-state index >= 15 is 0 Å². The summed E-state index contributed by atoms with van der Waals surface area (Å²) in [7, 11) is -1.40. The topological polar surface area (TPSA) is 117 Å². The third-order valence-corrected chi connectivity index (χ3v) is 4.17. The molecular weight excluding hydrogens is 348 g/mol. The highest BCUT2D eigenvalue weighted by atomic mass is 32.2. The van der Waals surface area contributed by atoms with Crippen LogP contribution in [0.5, 0.6) is 11.5 Å². The third-order valence-electron chi connectivity index (χ3n) is 3.24. The maximum Gasteiger partial charge on any atom is 0.412 e. The van der Waals surface area contributed by atoms with Crippen LogP contribution in [0.25, 0.3) is 0 Å². The summed E-state index contributed by atoms with van der Waals surface area (Å²) in [6, 6.07) is 11.6. The van der Waals surface area contributed by atoms with E-state index in [4.69, 9.17) is 19.3 Å². The Morgan fingerprint density at radius 3 is 2.28 bits per heavy atom. The van der Waals surface area contributed by atoms with Crippen LogP contribution in [-0.4, -0.2) is 28.7 Å². The number of ether oxygens (including phenoxy) is 3. The lowest BCUT2D eigenvalue weighted by atomic mass is 10.2.